The maximum absolute atomic E-state index is 13.1. The third-order valence-corrected chi connectivity index (χ3v) is 4.93. The van der Waals surface area contributed by atoms with Crippen LogP contribution in [-0.4, -0.2) is 27.3 Å². The summed E-state index contributed by atoms with van der Waals surface area (Å²) in [5, 5.41) is 3.34. The molecule has 0 aliphatic heterocycles. The van der Waals surface area contributed by atoms with Gasteiger partial charge in [0, 0.05) is 23.1 Å². The number of nitrogens with zero attached hydrogens (tertiary/aromatic N) is 3. The predicted molar refractivity (Wildman–Crippen MR) is 101 cm³/mol. The van der Waals surface area contributed by atoms with E-state index in [9.17, 15) is 4.79 Å². The molecule has 1 amide bonds. The van der Waals surface area contributed by atoms with E-state index in [0.717, 1.165) is 16.3 Å². The van der Waals surface area contributed by atoms with E-state index in [4.69, 9.17) is 11.6 Å². The van der Waals surface area contributed by atoms with Crippen LogP contribution in [-0.2, 0) is 0 Å². The van der Waals surface area contributed by atoms with Crippen LogP contribution in [0.25, 0.3) is 0 Å². The van der Waals surface area contributed by atoms with Gasteiger partial charge in [-0.25, -0.2) is 4.98 Å². The fraction of sp³-hybridized carbons (Fsp3) is 0.211. The van der Waals surface area contributed by atoms with Crippen molar-refractivity contribution in [1.29, 1.82) is 0 Å². The average molecular weight is 372 g/mol. The molecule has 6 heteroatoms. The van der Waals surface area contributed by atoms with Crippen LogP contribution in [0.1, 0.15) is 39.7 Å². The smallest absolute Gasteiger partial charge is 0.274 e. The summed E-state index contributed by atoms with van der Waals surface area (Å²) < 4.78 is 0. The highest BCUT2D eigenvalue weighted by Gasteiger charge is 2.28. The number of benzene rings is 1. The summed E-state index contributed by atoms with van der Waals surface area (Å²) in [4.78, 5) is 23.7. The van der Waals surface area contributed by atoms with Gasteiger partial charge < -0.3 is 4.90 Å². The summed E-state index contributed by atoms with van der Waals surface area (Å²) in [6, 6.07) is 13.0. The lowest BCUT2D eigenvalue weighted by atomic mass is 10.0. The maximum atomic E-state index is 13.1. The van der Waals surface area contributed by atoms with Crippen LogP contribution in [0, 0.1) is 6.92 Å². The van der Waals surface area contributed by atoms with E-state index >= 15 is 0 Å². The number of hydrogen-bond donors (Lipinski definition) is 0. The molecule has 128 valence electrons. The maximum Gasteiger partial charge on any atom is 0.274 e. The third kappa shape index (κ3) is 3.89. The molecule has 2 heterocycles. The monoisotopic (exact) mass is 371 g/mol. The van der Waals surface area contributed by atoms with Crippen molar-refractivity contribution in [1.82, 2.24) is 14.9 Å². The highest BCUT2D eigenvalue weighted by molar-refractivity contribution is 7.09. The standard InChI is InChI=1S/C19H18ClN3OS/c1-3-23(19(24)17-12-25-13(2)22-17)18(16-6-4-5-11-21-16)14-7-9-15(20)10-8-14/h4-12,18H,3H2,1-2H3/t18-/m1/s1. The zero-order valence-electron chi connectivity index (χ0n) is 14.0. The van der Waals surface area contributed by atoms with E-state index < -0.39 is 0 Å². The Morgan fingerprint density at radius 3 is 2.56 bits per heavy atom. The topological polar surface area (TPSA) is 46.1 Å². The molecule has 0 N–H and O–H groups in total. The summed E-state index contributed by atoms with van der Waals surface area (Å²) in [7, 11) is 0. The van der Waals surface area contributed by atoms with Crippen LogP contribution in [0.15, 0.2) is 54.0 Å². The van der Waals surface area contributed by atoms with E-state index in [1.807, 2.05) is 56.3 Å². The number of rotatable bonds is 5. The van der Waals surface area contributed by atoms with Gasteiger partial charge in [-0.2, -0.15) is 0 Å². The molecule has 0 bridgehead atoms. The fourth-order valence-electron chi connectivity index (χ4n) is 2.75. The lowest BCUT2D eigenvalue weighted by molar-refractivity contribution is 0.0709. The van der Waals surface area contributed by atoms with E-state index in [1.54, 1.807) is 16.5 Å². The van der Waals surface area contributed by atoms with Gasteiger partial charge in [0.2, 0.25) is 0 Å². The first kappa shape index (κ1) is 17.6. The molecule has 25 heavy (non-hydrogen) atoms. The quantitative estimate of drug-likeness (QED) is 0.650. The van der Waals surface area contributed by atoms with E-state index in [-0.39, 0.29) is 11.9 Å². The van der Waals surface area contributed by atoms with Gasteiger partial charge in [0.1, 0.15) is 5.69 Å². The molecular weight excluding hydrogens is 354 g/mol. The molecule has 0 aliphatic carbocycles. The summed E-state index contributed by atoms with van der Waals surface area (Å²) in [6.07, 6.45) is 1.74. The molecule has 0 saturated carbocycles. The number of amides is 1. The van der Waals surface area contributed by atoms with Gasteiger partial charge in [-0.3, -0.25) is 9.78 Å². The molecule has 1 atom stereocenters. The SMILES string of the molecule is CCN(C(=O)c1csc(C)n1)[C@H](c1ccc(Cl)cc1)c1ccccn1. The molecule has 0 unspecified atom stereocenters. The Hall–Kier alpha value is -2.24. The highest BCUT2D eigenvalue weighted by Crippen LogP contribution is 2.29. The highest BCUT2D eigenvalue weighted by atomic mass is 35.5. The molecule has 0 spiro atoms. The average Bonchev–Trinajstić information content (AvgIpc) is 3.07. The van der Waals surface area contributed by atoms with Crippen molar-refractivity contribution in [3.63, 3.8) is 0 Å². The largest absolute Gasteiger partial charge is 0.325 e. The fourth-order valence-corrected chi connectivity index (χ4v) is 3.46. The Morgan fingerprint density at radius 1 is 1.24 bits per heavy atom. The molecule has 3 aromatic rings. The summed E-state index contributed by atoms with van der Waals surface area (Å²) in [6.45, 7) is 4.40. The minimum absolute atomic E-state index is 0.0996. The van der Waals surface area contributed by atoms with Gasteiger partial charge in [-0.15, -0.1) is 11.3 Å². The Labute approximate surface area is 156 Å². The van der Waals surface area contributed by atoms with Gasteiger partial charge in [-0.1, -0.05) is 29.8 Å². The van der Waals surface area contributed by atoms with Crippen molar-refractivity contribution in [2.24, 2.45) is 0 Å². The third-order valence-electron chi connectivity index (χ3n) is 3.91. The number of halogens is 1. The first-order chi connectivity index (χ1) is 12.1. The molecule has 3 rings (SSSR count). The molecule has 4 nitrogen and oxygen atoms in total. The van der Waals surface area contributed by atoms with Gasteiger partial charge in [0.05, 0.1) is 16.7 Å². The molecule has 0 aliphatic rings. The van der Waals surface area contributed by atoms with Gasteiger partial charge in [-0.05, 0) is 43.7 Å². The molecule has 0 fully saturated rings. The van der Waals surface area contributed by atoms with Gasteiger partial charge in [0.15, 0.2) is 0 Å². The Kier molecular flexibility index (Phi) is 5.46. The van der Waals surface area contributed by atoms with Gasteiger partial charge in [0.25, 0.3) is 5.91 Å². The van der Waals surface area contributed by atoms with Crippen LogP contribution in [0.5, 0.6) is 0 Å². The van der Waals surface area contributed by atoms with Crippen LogP contribution in [0.3, 0.4) is 0 Å². The van der Waals surface area contributed by atoms with Crippen LogP contribution < -0.4 is 0 Å². The van der Waals surface area contributed by atoms with Crippen LogP contribution >= 0.6 is 22.9 Å². The summed E-state index contributed by atoms with van der Waals surface area (Å²) in [5.41, 5.74) is 2.25. The van der Waals surface area contributed by atoms with Gasteiger partial charge >= 0.3 is 0 Å². The zero-order chi connectivity index (χ0) is 17.8. The first-order valence-corrected chi connectivity index (χ1v) is 9.25. The minimum atomic E-state index is -0.294. The van der Waals surface area contributed by atoms with Crippen molar-refractivity contribution >= 4 is 28.8 Å². The van der Waals surface area contributed by atoms with E-state index in [0.29, 0.717) is 17.3 Å². The molecule has 0 radical (unpaired) electrons. The number of pyridine rings is 1. The molecule has 0 saturated heterocycles. The Morgan fingerprint density at radius 2 is 2.00 bits per heavy atom. The number of carbonyl (C=O) groups excluding carboxylic acids is 1. The van der Waals surface area contributed by atoms with E-state index in [1.165, 1.54) is 11.3 Å². The van der Waals surface area contributed by atoms with Crippen molar-refractivity contribution in [3.05, 3.63) is 81.0 Å². The molecule has 2 aromatic heterocycles. The number of aryl methyl sites for hydroxylation is 1. The molecule has 1 aromatic carbocycles. The van der Waals surface area contributed by atoms with Crippen molar-refractivity contribution in [2.45, 2.75) is 19.9 Å². The number of thiazole rings is 1. The summed E-state index contributed by atoms with van der Waals surface area (Å²) >= 11 is 7.51. The van der Waals surface area contributed by atoms with Crippen molar-refractivity contribution in [3.8, 4) is 0 Å². The Bertz CT molecular complexity index is 849. The number of hydrogen-bond acceptors (Lipinski definition) is 4. The summed E-state index contributed by atoms with van der Waals surface area (Å²) in [5.74, 6) is -0.0996. The second-order valence-corrected chi connectivity index (χ2v) is 7.05. The number of carbonyl (C=O) groups is 1. The number of aromatic nitrogens is 2. The minimum Gasteiger partial charge on any atom is -0.325 e. The van der Waals surface area contributed by atoms with Crippen LogP contribution in [0.2, 0.25) is 5.02 Å². The second-order valence-electron chi connectivity index (χ2n) is 5.55. The lowest BCUT2D eigenvalue weighted by Crippen LogP contribution is -2.36. The van der Waals surface area contributed by atoms with E-state index in [2.05, 4.69) is 9.97 Å². The predicted octanol–water partition coefficient (Wildman–Crippen LogP) is 4.75. The zero-order valence-corrected chi connectivity index (χ0v) is 15.6. The molecular formula is C19H18ClN3OS. The Balaban J connectivity index is 2.05. The lowest BCUT2D eigenvalue weighted by Gasteiger charge is -2.30. The van der Waals surface area contributed by atoms with Crippen molar-refractivity contribution in [2.75, 3.05) is 6.54 Å². The van der Waals surface area contributed by atoms with Crippen LogP contribution in [0.4, 0.5) is 0 Å². The second kappa shape index (κ2) is 7.76. The van der Waals surface area contributed by atoms with Crippen molar-refractivity contribution < 1.29 is 4.79 Å². The first-order valence-electron chi connectivity index (χ1n) is 7.99. The normalized spacial score (nSPS) is 12.0.